The van der Waals surface area contributed by atoms with Gasteiger partial charge in [-0.2, -0.15) is 64.1 Å². The van der Waals surface area contributed by atoms with Gasteiger partial charge in [0.15, 0.2) is 0 Å². The SMILES string of the molecule is Cc1cc(Cc2nc(Cc3ccc(N=Nc4cc(S(=O)(=O)O)c5cccc(S(=O)(=O)O)c5c4)c(C)c3)nc(NCCO)n2)ccc1N=Nc1cc(S(=O)(=O)O)c2cccc(S(=O)(=O)O)c2c1. The number of aromatic nitrogens is 3. The van der Waals surface area contributed by atoms with Crippen LogP contribution in [0.3, 0.4) is 0 Å². The van der Waals surface area contributed by atoms with Gasteiger partial charge < -0.3 is 10.4 Å². The predicted octanol–water partition coefficient (Wildman–Crippen LogP) is 7.20. The molecule has 342 valence electrons. The van der Waals surface area contributed by atoms with Gasteiger partial charge >= 0.3 is 0 Å². The number of hydrogen-bond acceptors (Lipinski definition) is 17. The molecule has 0 unspecified atom stereocenters. The van der Waals surface area contributed by atoms with E-state index in [9.17, 15) is 57.0 Å². The Morgan fingerprint density at radius 2 is 0.894 bits per heavy atom. The number of rotatable bonds is 15. The fraction of sp³-hybridized carbons (Fsp3) is 0.146. The molecule has 0 aliphatic rings. The summed E-state index contributed by atoms with van der Waals surface area (Å²) in [6, 6.07) is 21.9. The molecule has 0 amide bonds. The predicted molar refractivity (Wildman–Crippen MR) is 239 cm³/mol. The second-order valence-corrected chi connectivity index (χ2v) is 20.2. The van der Waals surface area contributed by atoms with Gasteiger partial charge in [-0.05, 0) is 84.6 Å². The van der Waals surface area contributed by atoms with Crippen LogP contribution in [0, 0.1) is 13.8 Å². The number of azo groups is 2. The van der Waals surface area contributed by atoms with Gasteiger partial charge in [-0.1, -0.05) is 48.5 Å². The minimum Gasteiger partial charge on any atom is -0.395 e. The highest BCUT2D eigenvalue weighted by Crippen LogP contribution is 2.36. The Hall–Kier alpha value is -6.55. The molecule has 0 spiro atoms. The largest absolute Gasteiger partial charge is 0.395 e. The van der Waals surface area contributed by atoms with Gasteiger partial charge in [0, 0.05) is 40.9 Å². The lowest BCUT2D eigenvalue weighted by molar-refractivity contribution is 0.310. The first kappa shape index (κ1) is 47.4. The lowest BCUT2D eigenvalue weighted by Crippen LogP contribution is -2.13. The highest BCUT2D eigenvalue weighted by Gasteiger charge is 2.23. The zero-order valence-electron chi connectivity index (χ0n) is 34.3. The monoisotopic (exact) mass is 976 g/mol. The molecule has 0 fully saturated rings. The Morgan fingerprint density at radius 3 is 1.26 bits per heavy atom. The molecule has 0 aliphatic carbocycles. The van der Waals surface area contributed by atoms with Crippen molar-refractivity contribution in [3.8, 4) is 0 Å². The molecule has 0 radical (unpaired) electrons. The number of benzene rings is 6. The zero-order valence-corrected chi connectivity index (χ0v) is 37.6. The highest BCUT2D eigenvalue weighted by molar-refractivity contribution is 7.87. The maximum atomic E-state index is 12.2. The van der Waals surface area contributed by atoms with Crippen LogP contribution in [0.4, 0.5) is 28.7 Å². The van der Waals surface area contributed by atoms with Crippen molar-refractivity contribution in [1.82, 2.24) is 15.0 Å². The molecule has 0 atom stereocenters. The summed E-state index contributed by atoms with van der Waals surface area (Å²) in [6.07, 6.45) is 0.446. The van der Waals surface area contributed by atoms with Crippen molar-refractivity contribution in [2.45, 2.75) is 46.3 Å². The summed E-state index contributed by atoms with van der Waals surface area (Å²) in [7, 11) is -19.3. The molecular formula is C41H36N8O13S4. The van der Waals surface area contributed by atoms with E-state index in [0.717, 1.165) is 35.4 Å². The average molecular weight is 977 g/mol. The number of fused-ring (bicyclic) bond motifs is 2. The van der Waals surface area contributed by atoms with E-state index in [2.05, 4.69) is 40.7 Å². The van der Waals surface area contributed by atoms with E-state index in [1.165, 1.54) is 36.4 Å². The van der Waals surface area contributed by atoms with Crippen molar-refractivity contribution < 1.29 is 57.0 Å². The van der Waals surface area contributed by atoms with Crippen molar-refractivity contribution >= 4 is 90.7 Å². The maximum absolute atomic E-state index is 12.2. The van der Waals surface area contributed by atoms with E-state index < -0.39 is 60.1 Å². The number of anilines is 1. The van der Waals surface area contributed by atoms with Crippen LogP contribution in [0.5, 0.6) is 0 Å². The molecule has 21 nitrogen and oxygen atoms in total. The van der Waals surface area contributed by atoms with Gasteiger partial charge in [-0.3, -0.25) is 18.2 Å². The van der Waals surface area contributed by atoms with Crippen LogP contribution in [0.25, 0.3) is 21.5 Å². The number of nitrogens with zero attached hydrogens (tertiary/aromatic N) is 7. The lowest BCUT2D eigenvalue weighted by Gasteiger charge is -2.10. The minimum absolute atomic E-state index is 0.124. The summed E-state index contributed by atoms with van der Waals surface area (Å²) in [5.41, 5.74) is 3.25. The summed E-state index contributed by atoms with van der Waals surface area (Å²) in [4.78, 5) is 11.3. The first-order valence-electron chi connectivity index (χ1n) is 19.1. The van der Waals surface area contributed by atoms with Gasteiger partial charge in [-0.25, -0.2) is 4.98 Å². The fourth-order valence-corrected chi connectivity index (χ4v) is 9.80. The van der Waals surface area contributed by atoms with Crippen LogP contribution < -0.4 is 5.32 Å². The smallest absolute Gasteiger partial charge is 0.295 e. The molecule has 0 saturated carbocycles. The summed E-state index contributed by atoms with van der Waals surface area (Å²) >= 11 is 0. The third-order valence-corrected chi connectivity index (χ3v) is 13.4. The number of aryl methyl sites for hydroxylation is 2. The molecule has 25 heteroatoms. The molecule has 7 aromatic rings. The van der Waals surface area contributed by atoms with Crippen LogP contribution in [-0.4, -0.2) is 85.1 Å². The van der Waals surface area contributed by atoms with Gasteiger partial charge in [0.1, 0.15) is 31.2 Å². The van der Waals surface area contributed by atoms with E-state index >= 15 is 0 Å². The molecule has 1 heterocycles. The Labute approximate surface area is 377 Å². The topological polar surface area (TPSA) is 338 Å². The highest BCUT2D eigenvalue weighted by atomic mass is 32.2. The van der Waals surface area contributed by atoms with Gasteiger partial charge in [-0.15, -0.1) is 0 Å². The molecule has 6 aromatic carbocycles. The number of nitrogens with one attached hydrogen (secondary N) is 1. The molecule has 0 aliphatic heterocycles. The first-order valence-corrected chi connectivity index (χ1v) is 24.9. The Bertz CT molecular complexity index is 3400. The summed E-state index contributed by atoms with van der Waals surface area (Å²) < 4.78 is 136. The van der Waals surface area contributed by atoms with Crippen LogP contribution >= 0.6 is 0 Å². The summed E-state index contributed by atoms with van der Waals surface area (Å²) in [5, 5.41) is 28.3. The average Bonchev–Trinajstić information content (AvgIpc) is 3.22. The fourth-order valence-electron chi connectivity index (χ4n) is 6.95. The van der Waals surface area contributed by atoms with E-state index in [1.807, 2.05) is 0 Å². The summed E-state index contributed by atoms with van der Waals surface area (Å²) in [5.74, 6) is 0.954. The van der Waals surface area contributed by atoms with Crippen LogP contribution in [-0.2, 0) is 53.3 Å². The second kappa shape index (κ2) is 18.4. The first-order chi connectivity index (χ1) is 31.0. The van der Waals surface area contributed by atoms with Crippen LogP contribution in [0.15, 0.2) is 137 Å². The molecule has 1 aromatic heterocycles. The van der Waals surface area contributed by atoms with E-state index in [-0.39, 0.29) is 64.9 Å². The minimum atomic E-state index is -4.86. The van der Waals surface area contributed by atoms with E-state index in [4.69, 9.17) is 0 Å². The van der Waals surface area contributed by atoms with Crippen LogP contribution in [0.2, 0.25) is 0 Å². The van der Waals surface area contributed by atoms with Gasteiger partial charge in [0.05, 0.1) is 29.4 Å². The molecule has 0 saturated heterocycles. The molecular weight excluding hydrogens is 941 g/mol. The maximum Gasteiger partial charge on any atom is 0.295 e. The normalized spacial score (nSPS) is 12.8. The molecule has 66 heavy (non-hydrogen) atoms. The third kappa shape index (κ3) is 10.9. The van der Waals surface area contributed by atoms with E-state index in [0.29, 0.717) is 34.2 Å². The zero-order chi connectivity index (χ0) is 47.8. The van der Waals surface area contributed by atoms with E-state index in [1.54, 1.807) is 50.2 Å². The molecule has 6 N–H and O–H groups in total. The molecule has 7 rings (SSSR count). The van der Waals surface area contributed by atoms with Crippen LogP contribution in [0.1, 0.15) is 33.9 Å². The summed E-state index contributed by atoms with van der Waals surface area (Å²) in [6.45, 7) is 3.45. The second-order valence-electron chi connectivity index (χ2n) is 14.6. The number of hydrogen-bond donors (Lipinski definition) is 6. The lowest BCUT2D eigenvalue weighted by atomic mass is 10.1. The van der Waals surface area contributed by atoms with Crippen molar-refractivity contribution in [1.29, 1.82) is 0 Å². The number of aliphatic hydroxyl groups excluding tert-OH is 1. The van der Waals surface area contributed by atoms with Gasteiger partial charge in [0.25, 0.3) is 40.5 Å². The Balaban J connectivity index is 1.12. The molecule has 0 bridgehead atoms. The Kier molecular flexibility index (Phi) is 13.2. The standard InChI is InChI=1S/C41H36N8O13S4/c1-23-15-25(9-11-33(23)48-46-27-19-31-29(37(21-27)65(57,58)59)5-3-7-35(31)63(51,52)53)17-39-43-40(45-41(44-39)42-13-14-50)18-26-10-12-34(24(2)16-26)49-47-28-20-32-30(38(22-28)66(60,61)62)6-4-8-36(32)64(54,55)56/h3-12,15-16,19-22,50H,13-14,17-18H2,1-2H3,(H,51,52,53)(H,54,55,56)(H,57,58,59)(H,60,61,62)(H,42,43,44,45). The van der Waals surface area contributed by atoms with Gasteiger partial charge in [0.2, 0.25) is 5.95 Å². The Morgan fingerprint density at radius 1 is 0.485 bits per heavy atom. The number of aliphatic hydroxyl groups is 1. The van der Waals surface area contributed by atoms with Crippen molar-refractivity contribution in [2.24, 2.45) is 20.5 Å². The van der Waals surface area contributed by atoms with Crippen molar-refractivity contribution in [2.75, 3.05) is 18.5 Å². The third-order valence-electron chi connectivity index (χ3n) is 9.83. The quantitative estimate of drug-likeness (QED) is 0.0437. The van der Waals surface area contributed by atoms with Crippen molar-refractivity contribution in [3.63, 3.8) is 0 Å². The van der Waals surface area contributed by atoms with Crippen molar-refractivity contribution in [3.05, 3.63) is 131 Å².